The highest BCUT2D eigenvalue weighted by Gasteiger charge is 2.29. The highest BCUT2D eigenvalue weighted by Crippen LogP contribution is 2.37. The van der Waals surface area contributed by atoms with Crippen LogP contribution in [0, 0.1) is 5.92 Å². The Balaban J connectivity index is 2.06. The van der Waals surface area contributed by atoms with Gasteiger partial charge < -0.3 is 5.32 Å². The maximum atomic E-state index is 6.03. The number of hydrogen-bond donors (Lipinski definition) is 1. The van der Waals surface area contributed by atoms with E-state index >= 15 is 0 Å². The molecule has 1 aliphatic carbocycles. The molecule has 1 aliphatic heterocycles. The molecule has 1 aromatic rings. The number of benzene rings is 1. The number of rotatable bonds is 0. The molecular weight excluding hydrogens is 194 g/mol. The molecule has 1 fully saturated rings. The summed E-state index contributed by atoms with van der Waals surface area (Å²) in [6.07, 6.45) is 2.58. The summed E-state index contributed by atoms with van der Waals surface area (Å²) in [5, 5.41) is 4.39. The maximum absolute atomic E-state index is 6.03. The molecule has 0 aromatic heterocycles. The van der Waals surface area contributed by atoms with Crippen molar-refractivity contribution in [2.24, 2.45) is 5.92 Å². The van der Waals surface area contributed by atoms with Gasteiger partial charge in [0.1, 0.15) is 0 Å². The van der Waals surface area contributed by atoms with E-state index in [-0.39, 0.29) is 0 Å². The zero-order valence-corrected chi connectivity index (χ0v) is 8.85. The molecule has 2 unspecified atom stereocenters. The predicted octanol–water partition coefficient (Wildman–Crippen LogP) is 2.59. The molecule has 2 heteroatoms. The molecule has 0 radical (unpaired) electrons. The number of fused-ring (bicyclic) bond motifs is 4. The Kier molecular flexibility index (Phi) is 2.03. The molecule has 14 heavy (non-hydrogen) atoms. The monoisotopic (exact) mass is 207 g/mol. The van der Waals surface area contributed by atoms with Gasteiger partial charge in [-0.2, -0.15) is 0 Å². The van der Waals surface area contributed by atoms with Gasteiger partial charge in [0.05, 0.1) is 0 Å². The standard InChI is InChI=1S/C12H14ClN/c13-11-2-1-9-3-8-4-10(7-14-6-8)12(9)5-11/h1-2,5,8,10,14H,3-4,6-7H2. The Labute approximate surface area is 89.5 Å². The van der Waals surface area contributed by atoms with Gasteiger partial charge in [-0.1, -0.05) is 17.7 Å². The molecule has 0 spiro atoms. The normalized spacial score (nSPS) is 29.8. The SMILES string of the molecule is Clc1ccc2c(c1)C1CNCC(C2)C1. The molecule has 1 N–H and O–H groups in total. The van der Waals surface area contributed by atoms with E-state index in [0.29, 0.717) is 5.92 Å². The van der Waals surface area contributed by atoms with E-state index in [1.54, 1.807) is 0 Å². The summed E-state index contributed by atoms with van der Waals surface area (Å²) in [5.74, 6) is 1.55. The van der Waals surface area contributed by atoms with Gasteiger partial charge in [-0.3, -0.25) is 0 Å². The van der Waals surface area contributed by atoms with Crippen LogP contribution < -0.4 is 5.32 Å². The van der Waals surface area contributed by atoms with E-state index in [4.69, 9.17) is 11.6 Å². The van der Waals surface area contributed by atoms with E-state index in [2.05, 4.69) is 17.4 Å². The zero-order valence-electron chi connectivity index (χ0n) is 8.09. The van der Waals surface area contributed by atoms with Crippen LogP contribution in [0.25, 0.3) is 0 Å². The Bertz CT molecular complexity index is 361. The molecule has 2 atom stereocenters. The Morgan fingerprint density at radius 2 is 2.21 bits per heavy atom. The highest BCUT2D eigenvalue weighted by molar-refractivity contribution is 6.30. The van der Waals surface area contributed by atoms with E-state index in [9.17, 15) is 0 Å². The van der Waals surface area contributed by atoms with Crippen LogP contribution in [-0.4, -0.2) is 13.1 Å². The van der Waals surface area contributed by atoms with Crippen molar-refractivity contribution in [3.63, 3.8) is 0 Å². The lowest BCUT2D eigenvalue weighted by atomic mass is 9.75. The fourth-order valence-corrected chi connectivity index (χ4v) is 3.05. The largest absolute Gasteiger partial charge is 0.316 e. The minimum atomic E-state index is 0.705. The van der Waals surface area contributed by atoms with Crippen molar-refractivity contribution >= 4 is 11.6 Å². The van der Waals surface area contributed by atoms with E-state index < -0.39 is 0 Å². The first-order valence-electron chi connectivity index (χ1n) is 5.32. The van der Waals surface area contributed by atoms with Crippen LogP contribution in [-0.2, 0) is 6.42 Å². The minimum Gasteiger partial charge on any atom is -0.316 e. The lowest BCUT2D eigenvalue weighted by Gasteiger charge is -2.36. The fraction of sp³-hybridized carbons (Fsp3) is 0.500. The maximum Gasteiger partial charge on any atom is 0.0409 e. The number of nitrogens with one attached hydrogen (secondary N) is 1. The van der Waals surface area contributed by atoms with Crippen LogP contribution in [0.1, 0.15) is 23.5 Å². The third-order valence-electron chi connectivity index (χ3n) is 3.50. The summed E-state index contributed by atoms with van der Waals surface area (Å²) < 4.78 is 0. The molecular formula is C12H14ClN. The summed E-state index contributed by atoms with van der Waals surface area (Å²) in [6.45, 7) is 2.32. The molecule has 2 aliphatic rings. The fourth-order valence-electron chi connectivity index (χ4n) is 2.87. The van der Waals surface area contributed by atoms with Gasteiger partial charge >= 0.3 is 0 Å². The Morgan fingerprint density at radius 1 is 1.29 bits per heavy atom. The van der Waals surface area contributed by atoms with Crippen LogP contribution >= 0.6 is 11.6 Å². The molecule has 74 valence electrons. The molecule has 2 bridgehead atoms. The quantitative estimate of drug-likeness (QED) is 0.690. The predicted molar refractivity (Wildman–Crippen MR) is 58.9 cm³/mol. The van der Waals surface area contributed by atoms with Crippen molar-refractivity contribution < 1.29 is 0 Å². The van der Waals surface area contributed by atoms with Crippen molar-refractivity contribution in [1.29, 1.82) is 0 Å². The molecule has 1 saturated heterocycles. The van der Waals surface area contributed by atoms with Gasteiger partial charge in [0, 0.05) is 11.6 Å². The van der Waals surface area contributed by atoms with Crippen molar-refractivity contribution in [2.45, 2.75) is 18.8 Å². The summed E-state index contributed by atoms with van der Waals surface area (Å²) in [4.78, 5) is 0. The highest BCUT2D eigenvalue weighted by atomic mass is 35.5. The van der Waals surface area contributed by atoms with E-state index in [0.717, 1.165) is 17.5 Å². The van der Waals surface area contributed by atoms with Crippen LogP contribution in [0.4, 0.5) is 0 Å². The smallest absolute Gasteiger partial charge is 0.0409 e. The van der Waals surface area contributed by atoms with Crippen molar-refractivity contribution in [3.05, 3.63) is 34.3 Å². The Morgan fingerprint density at radius 3 is 3.14 bits per heavy atom. The van der Waals surface area contributed by atoms with Crippen molar-refractivity contribution in [3.8, 4) is 0 Å². The topological polar surface area (TPSA) is 12.0 Å². The second-order valence-electron chi connectivity index (χ2n) is 4.50. The van der Waals surface area contributed by atoms with Crippen LogP contribution in [0.5, 0.6) is 0 Å². The number of hydrogen-bond acceptors (Lipinski definition) is 1. The Hall–Kier alpha value is -0.530. The van der Waals surface area contributed by atoms with Crippen LogP contribution in [0.2, 0.25) is 5.02 Å². The average molecular weight is 208 g/mol. The first kappa shape index (κ1) is 8.75. The second-order valence-corrected chi connectivity index (χ2v) is 4.94. The minimum absolute atomic E-state index is 0.705. The second kappa shape index (κ2) is 3.25. The van der Waals surface area contributed by atoms with Gasteiger partial charge in [0.2, 0.25) is 0 Å². The molecule has 1 aromatic carbocycles. The van der Waals surface area contributed by atoms with Crippen LogP contribution in [0.15, 0.2) is 18.2 Å². The molecule has 1 heterocycles. The summed E-state index contributed by atoms with van der Waals surface area (Å²) >= 11 is 6.03. The van der Waals surface area contributed by atoms with Crippen LogP contribution in [0.3, 0.4) is 0 Å². The van der Waals surface area contributed by atoms with E-state index in [1.165, 1.54) is 30.5 Å². The lowest BCUT2D eigenvalue weighted by Crippen LogP contribution is -2.39. The third-order valence-corrected chi connectivity index (χ3v) is 3.73. The lowest BCUT2D eigenvalue weighted by molar-refractivity contribution is 0.318. The van der Waals surface area contributed by atoms with E-state index in [1.807, 2.05) is 6.07 Å². The molecule has 0 saturated carbocycles. The van der Waals surface area contributed by atoms with Crippen molar-refractivity contribution in [1.82, 2.24) is 5.32 Å². The zero-order chi connectivity index (χ0) is 9.54. The van der Waals surface area contributed by atoms with Crippen molar-refractivity contribution in [2.75, 3.05) is 13.1 Å². The number of halogens is 1. The summed E-state index contributed by atoms with van der Waals surface area (Å²) in [6, 6.07) is 6.39. The third kappa shape index (κ3) is 1.35. The van der Waals surface area contributed by atoms with Gasteiger partial charge in [0.25, 0.3) is 0 Å². The molecule has 0 amide bonds. The first-order chi connectivity index (χ1) is 6.83. The first-order valence-corrected chi connectivity index (χ1v) is 5.70. The van der Waals surface area contributed by atoms with Gasteiger partial charge in [-0.15, -0.1) is 0 Å². The number of piperidine rings is 1. The van der Waals surface area contributed by atoms with Gasteiger partial charge in [-0.25, -0.2) is 0 Å². The summed E-state index contributed by atoms with van der Waals surface area (Å²) in [7, 11) is 0. The van der Waals surface area contributed by atoms with Gasteiger partial charge in [-0.05, 0) is 54.5 Å². The summed E-state index contributed by atoms with van der Waals surface area (Å²) in [5.41, 5.74) is 3.01. The average Bonchev–Trinajstić information content (AvgIpc) is 2.20. The van der Waals surface area contributed by atoms with Gasteiger partial charge in [0.15, 0.2) is 0 Å². The molecule has 3 rings (SSSR count). The molecule has 1 nitrogen and oxygen atoms in total.